The highest BCUT2D eigenvalue weighted by atomic mass is 32.2. The average molecular weight is 264 g/mol. The second-order valence-electron chi connectivity index (χ2n) is 4.50. The molecule has 1 aliphatic rings. The highest BCUT2D eigenvalue weighted by Crippen LogP contribution is 2.17. The third-order valence-electron chi connectivity index (χ3n) is 2.70. The number of allylic oxidation sites excluding steroid dienone is 1. The number of hydrogen-bond acceptors (Lipinski definition) is 2. The summed E-state index contributed by atoms with van der Waals surface area (Å²) in [5.74, 6) is 0.106. The lowest BCUT2D eigenvalue weighted by atomic mass is 10.1. The Balaban J connectivity index is 2.21. The van der Waals surface area contributed by atoms with Gasteiger partial charge in [0.2, 0.25) is 0 Å². The van der Waals surface area contributed by atoms with Crippen molar-refractivity contribution < 1.29 is 8.42 Å². The van der Waals surface area contributed by atoms with Crippen LogP contribution in [0.25, 0.3) is 0 Å². The molecule has 5 heteroatoms. The molecule has 18 heavy (non-hydrogen) atoms. The van der Waals surface area contributed by atoms with Crippen LogP contribution in [0.2, 0.25) is 0 Å². The molecule has 0 N–H and O–H groups in total. The van der Waals surface area contributed by atoms with Gasteiger partial charge in [0, 0.05) is 6.20 Å². The Kier molecular flexibility index (Phi) is 3.52. The van der Waals surface area contributed by atoms with Crippen LogP contribution in [0.1, 0.15) is 19.4 Å². The monoisotopic (exact) mass is 264 g/mol. The second kappa shape index (κ2) is 4.94. The molecule has 96 valence electrons. The summed E-state index contributed by atoms with van der Waals surface area (Å²) in [5.41, 5.74) is 1.54. The fourth-order valence-corrected chi connectivity index (χ4v) is 2.82. The van der Waals surface area contributed by atoms with Gasteiger partial charge < -0.3 is 0 Å². The van der Waals surface area contributed by atoms with Gasteiger partial charge in [-0.15, -0.1) is 4.40 Å². The van der Waals surface area contributed by atoms with Crippen molar-refractivity contribution in [3.8, 4) is 0 Å². The van der Waals surface area contributed by atoms with Crippen LogP contribution in [0.4, 0.5) is 0 Å². The molecule has 1 aromatic rings. The first kappa shape index (κ1) is 12.8. The van der Waals surface area contributed by atoms with Gasteiger partial charge in [-0.2, -0.15) is 8.42 Å². The van der Waals surface area contributed by atoms with Crippen molar-refractivity contribution >= 4 is 15.9 Å². The number of hydrogen-bond donors (Lipinski definition) is 0. The van der Waals surface area contributed by atoms with Gasteiger partial charge in [0.1, 0.15) is 0 Å². The smallest absolute Gasteiger partial charge is 0.254 e. The fourth-order valence-electron chi connectivity index (χ4n) is 1.65. The molecule has 0 fully saturated rings. The topological polar surface area (TPSA) is 49.7 Å². The molecule has 2 rings (SSSR count). The van der Waals surface area contributed by atoms with E-state index in [0.717, 1.165) is 5.56 Å². The summed E-state index contributed by atoms with van der Waals surface area (Å²) in [7, 11) is -3.58. The molecule has 1 aromatic carbocycles. The van der Waals surface area contributed by atoms with E-state index >= 15 is 0 Å². The van der Waals surface area contributed by atoms with E-state index in [1.54, 1.807) is 12.3 Å². The van der Waals surface area contributed by atoms with Crippen LogP contribution in [0, 0.1) is 5.92 Å². The van der Waals surface area contributed by atoms with Gasteiger partial charge in [0.15, 0.2) is 0 Å². The quantitative estimate of drug-likeness (QED) is 0.841. The van der Waals surface area contributed by atoms with Crippen LogP contribution in [0.15, 0.2) is 47.0 Å². The summed E-state index contributed by atoms with van der Waals surface area (Å²) in [6.07, 6.45) is 3.35. The highest BCUT2D eigenvalue weighted by molar-refractivity contribution is 7.88. The maximum atomic E-state index is 12.0. The van der Waals surface area contributed by atoms with Crippen LogP contribution < -0.4 is 0 Å². The molecule has 0 spiro atoms. The van der Waals surface area contributed by atoms with Gasteiger partial charge in [0.05, 0.1) is 12.3 Å². The van der Waals surface area contributed by atoms with Crippen molar-refractivity contribution in [1.82, 2.24) is 4.31 Å². The minimum Gasteiger partial charge on any atom is -0.254 e. The minimum absolute atomic E-state index is 0.106. The molecule has 0 unspecified atom stereocenters. The van der Waals surface area contributed by atoms with E-state index in [-0.39, 0.29) is 5.92 Å². The Morgan fingerprint density at radius 1 is 1.22 bits per heavy atom. The van der Waals surface area contributed by atoms with E-state index in [4.69, 9.17) is 0 Å². The summed E-state index contributed by atoms with van der Waals surface area (Å²) < 4.78 is 29.1. The molecule has 1 aliphatic heterocycles. The zero-order valence-corrected chi connectivity index (χ0v) is 11.3. The maximum absolute atomic E-state index is 12.0. The summed E-state index contributed by atoms with van der Waals surface area (Å²) >= 11 is 0. The molecule has 1 heterocycles. The second-order valence-corrected chi connectivity index (χ2v) is 6.04. The molecule has 0 radical (unpaired) electrons. The van der Waals surface area contributed by atoms with E-state index < -0.39 is 10.2 Å². The molecule has 0 aliphatic carbocycles. The Morgan fingerprint density at radius 2 is 1.89 bits per heavy atom. The average Bonchev–Trinajstić information content (AvgIpc) is 2.32. The number of rotatable bonds is 3. The third kappa shape index (κ3) is 2.79. The minimum atomic E-state index is -3.58. The molecule has 0 amide bonds. The Morgan fingerprint density at radius 3 is 2.44 bits per heavy atom. The fraction of sp³-hybridized carbons (Fsp3) is 0.308. The Labute approximate surface area is 108 Å². The van der Waals surface area contributed by atoms with Crippen LogP contribution >= 0.6 is 0 Å². The van der Waals surface area contributed by atoms with Gasteiger partial charge in [0.25, 0.3) is 0 Å². The number of benzene rings is 1. The third-order valence-corrected chi connectivity index (χ3v) is 3.99. The van der Waals surface area contributed by atoms with E-state index in [1.165, 1.54) is 4.31 Å². The van der Waals surface area contributed by atoms with Gasteiger partial charge in [-0.1, -0.05) is 44.2 Å². The van der Waals surface area contributed by atoms with E-state index in [0.29, 0.717) is 12.3 Å². The molecule has 0 bridgehead atoms. The van der Waals surface area contributed by atoms with Crippen molar-refractivity contribution in [2.45, 2.75) is 20.4 Å². The van der Waals surface area contributed by atoms with E-state index in [2.05, 4.69) is 4.40 Å². The normalized spacial score (nSPS) is 17.9. The highest BCUT2D eigenvalue weighted by Gasteiger charge is 2.22. The molecule has 0 atom stereocenters. The van der Waals surface area contributed by atoms with Crippen LogP contribution in [0.5, 0.6) is 0 Å². The summed E-state index contributed by atoms with van der Waals surface area (Å²) in [6.45, 7) is 4.16. The van der Waals surface area contributed by atoms with Crippen molar-refractivity contribution in [2.75, 3.05) is 0 Å². The Bertz CT molecular complexity index is 574. The predicted octanol–water partition coefficient (Wildman–Crippen LogP) is 2.36. The first-order valence-electron chi connectivity index (χ1n) is 5.83. The van der Waals surface area contributed by atoms with Crippen molar-refractivity contribution in [1.29, 1.82) is 0 Å². The van der Waals surface area contributed by atoms with Gasteiger partial charge in [-0.25, -0.2) is 0 Å². The zero-order valence-electron chi connectivity index (χ0n) is 10.4. The van der Waals surface area contributed by atoms with Crippen LogP contribution in [0.3, 0.4) is 0 Å². The lowest BCUT2D eigenvalue weighted by Crippen LogP contribution is -2.28. The zero-order chi connectivity index (χ0) is 13.2. The van der Waals surface area contributed by atoms with Crippen molar-refractivity contribution in [2.24, 2.45) is 10.3 Å². The predicted molar refractivity (Wildman–Crippen MR) is 72.3 cm³/mol. The molecule has 0 saturated carbocycles. The van der Waals surface area contributed by atoms with Crippen molar-refractivity contribution in [3.63, 3.8) is 0 Å². The van der Waals surface area contributed by atoms with E-state index in [1.807, 2.05) is 44.2 Å². The van der Waals surface area contributed by atoms with Crippen LogP contribution in [-0.2, 0) is 16.8 Å². The first-order valence-corrected chi connectivity index (χ1v) is 7.22. The molecular weight excluding hydrogens is 248 g/mol. The molecular formula is C13H16N2O2S. The summed E-state index contributed by atoms with van der Waals surface area (Å²) in [6, 6.07) is 9.46. The van der Waals surface area contributed by atoms with Crippen molar-refractivity contribution in [3.05, 3.63) is 48.2 Å². The van der Waals surface area contributed by atoms with Gasteiger partial charge in [-0.05, 0) is 17.6 Å². The summed E-state index contributed by atoms with van der Waals surface area (Å²) in [4.78, 5) is 0. The molecule has 4 nitrogen and oxygen atoms in total. The van der Waals surface area contributed by atoms with Gasteiger partial charge >= 0.3 is 10.2 Å². The number of nitrogens with zero attached hydrogens (tertiary/aromatic N) is 2. The lowest BCUT2D eigenvalue weighted by Gasteiger charge is -2.22. The maximum Gasteiger partial charge on any atom is 0.344 e. The lowest BCUT2D eigenvalue weighted by molar-refractivity contribution is 0.495. The Hall–Kier alpha value is -1.62. The van der Waals surface area contributed by atoms with E-state index in [9.17, 15) is 8.42 Å². The standard InChI is InChI=1S/C13H16N2O2S/c1-11(2)13-8-9-15(18(16,17)14-13)10-12-6-4-3-5-7-12/h3-9,11H,10H2,1-2H3. The van der Waals surface area contributed by atoms with Crippen LogP contribution in [-0.4, -0.2) is 18.4 Å². The first-order chi connectivity index (χ1) is 8.49. The van der Waals surface area contributed by atoms with Gasteiger partial charge in [-0.3, -0.25) is 4.31 Å². The largest absolute Gasteiger partial charge is 0.344 e. The molecule has 0 aromatic heterocycles. The SMILES string of the molecule is CC(C)C1=NS(=O)(=O)N(Cc2ccccc2)C=C1. The molecule has 0 saturated heterocycles. The summed E-state index contributed by atoms with van der Waals surface area (Å²) in [5, 5.41) is 0.